The highest BCUT2D eigenvalue weighted by Gasteiger charge is 2.14. The first kappa shape index (κ1) is 24.1. The summed E-state index contributed by atoms with van der Waals surface area (Å²) < 4.78 is 7.19. The van der Waals surface area contributed by atoms with Crippen molar-refractivity contribution in [3.63, 3.8) is 0 Å². The second-order valence-electron chi connectivity index (χ2n) is 7.36. The average Bonchev–Trinajstić information content (AvgIpc) is 3.15. The number of nitrogens with zero attached hydrogens (tertiary/aromatic N) is 1. The van der Waals surface area contributed by atoms with Gasteiger partial charge in [-0.05, 0) is 55.3 Å². The van der Waals surface area contributed by atoms with Gasteiger partial charge >= 0.3 is 5.97 Å². The molecule has 0 atom stereocenters. The Morgan fingerprint density at radius 1 is 1.15 bits per heavy atom. The third-order valence-electron chi connectivity index (χ3n) is 5.16. The average molecular weight is 463 g/mol. The first-order valence-electron chi connectivity index (χ1n) is 10.8. The van der Waals surface area contributed by atoms with Crippen LogP contribution in [0, 0.1) is 0 Å². The zero-order valence-corrected chi connectivity index (χ0v) is 19.4. The molecule has 0 aliphatic rings. The molecule has 0 radical (unpaired) electrons. The van der Waals surface area contributed by atoms with E-state index in [0.29, 0.717) is 42.3 Å². The fourth-order valence-corrected chi connectivity index (χ4v) is 3.89. The van der Waals surface area contributed by atoms with Crippen LogP contribution in [0.1, 0.15) is 35.8 Å². The molecule has 0 aliphatic heterocycles. The van der Waals surface area contributed by atoms with Crippen molar-refractivity contribution in [1.82, 2.24) is 4.57 Å². The maximum atomic E-state index is 12.7. The fraction of sp³-hybridized carbons (Fsp3) is 0.185. The lowest BCUT2D eigenvalue weighted by Crippen LogP contribution is -2.12. The van der Waals surface area contributed by atoms with Crippen LogP contribution in [0.5, 0.6) is 0 Å². The molecule has 0 aliphatic carbocycles. The number of anilines is 1. The first-order valence-corrected chi connectivity index (χ1v) is 11.2. The topological polar surface area (TPSA) is 60.3 Å². The Hall–Kier alpha value is -3.57. The van der Waals surface area contributed by atoms with E-state index in [0.717, 1.165) is 22.2 Å². The van der Waals surface area contributed by atoms with Gasteiger partial charge in [-0.25, -0.2) is 0 Å². The van der Waals surface area contributed by atoms with Gasteiger partial charge in [-0.2, -0.15) is 0 Å². The summed E-state index contributed by atoms with van der Waals surface area (Å²) in [6.45, 7) is 10.5. The van der Waals surface area contributed by atoms with Crippen LogP contribution in [0.4, 0.5) is 5.69 Å². The number of aryl methyl sites for hydroxylation is 1. The van der Waals surface area contributed by atoms with Gasteiger partial charge in [-0.15, -0.1) is 0 Å². The molecule has 5 nitrogen and oxygen atoms in total. The third-order valence-corrected chi connectivity index (χ3v) is 5.49. The van der Waals surface area contributed by atoms with Gasteiger partial charge in [-0.3, -0.25) is 9.59 Å². The van der Waals surface area contributed by atoms with Gasteiger partial charge in [0.05, 0.1) is 17.2 Å². The number of rotatable bonds is 10. The van der Waals surface area contributed by atoms with E-state index in [-0.39, 0.29) is 11.9 Å². The van der Waals surface area contributed by atoms with E-state index in [1.807, 2.05) is 30.3 Å². The molecule has 6 heteroatoms. The number of allylic oxidation sites excluding steroid dienone is 4. The number of esters is 1. The van der Waals surface area contributed by atoms with Gasteiger partial charge < -0.3 is 14.6 Å². The summed E-state index contributed by atoms with van der Waals surface area (Å²) in [6, 6.07) is 14.7. The number of carbonyl (C=O) groups excluding carboxylic acids is 2. The SMILES string of the molecule is C=C/C=C(\C=C)c1cc2cc(NC(=O)c3ccccc3Cl)ccc2n1CCCC(=O)OCC. The highest BCUT2D eigenvalue weighted by Crippen LogP contribution is 2.29. The van der Waals surface area contributed by atoms with Crippen LogP contribution >= 0.6 is 11.6 Å². The summed E-state index contributed by atoms with van der Waals surface area (Å²) in [6.07, 6.45) is 6.36. The summed E-state index contributed by atoms with van der Waals surface area (Å²) in [4.78, 5) is 24.4. The van der Waals surface area contributed by atoms with Crippen molar-refractivity contribution in [2.45, 2.75) is 26.3 Å². The number of halogens is 1. The van der Waals surface area contributed by atoms with Gasteiger partial charge in [0.15, 0.2) is 0 Å². The molecule has 0 spiro atoms. The van der Waals surface area contributed by atoms with E-state index >= 15 is 0 Å². The summed E-state index contributed by atoms with van der Waals surface area (Å²) in [7, 11) is 0. The Balaban J connectivity index is 1.93. The normalized spacial score (nSPS) is 11.3. The van der Waals surface area contributed by atoms with E-state index in [2.05, 4.69) is 23.0 Å². The van der Waals surface area contributed by atoms with Gasteiger partial charge in [0.25, 0.3) is 5.91 Å². The molecule has 0 bridgehead atoms. The van der Waals surface area contributed by atoms with Crippen molar-refractivity contribution in [2.24, 2.45) is 0 Å². The lowest BCUT2D eigenvalue weighted by molar-refractivity contribution is -0.143. The van der Waals surface area contributed by atoms with Gasteiger partial charge in [0.2, 0.25) is 0 Å². The number of amides is 1. The highest BCUT2D eigenvalue weighted by atomic mass is 35.5. The maximum Gasteiger partial charge on any atom is 0.305 e. The number of fused-ring (bicyclic) bond motifs is 1. The number of hydrogen-bond acceptors (Lipinski definition) is 3. The molecule has 33 heavy (non-hydrogen) atoms. The van der Waals surface area contributed by atoms with Gasteiger partial charge in [-0.1, -0.05) is 55.1 Å². The minimum absolute atomic E-state index is 0.203. The number of nitrogens with one attached hydrogen (secondary N) is 1. The zero-order chi connectivity index (χ0) is 23.8. The minimum atomic E-state index is -0.271. The molecule has 1 aromatic heterocycles. The van der Waals surface area contributed by atoms with Crippen molar-refractivity contribution in [2.75, 3.05) is 11.9 Å². The van der Waals surface area contributed by atoms with Crippen LogP contribution in [0.15, 0.2) is 79.9 Å². The molecule has 3 rings (SSSR count). The van der Waals surface area contributed by atoms with Crippen LogP contribution in [-0.4, -0.2) is 23.1 Å². The lowest BCUT2D eigenvalue weighted by Gasteiger charge is -2.12. The van der Waals surface area contributed by atoms with Gasteiger partial charge in [0, 0.05) is 35.2 Å². The molecule has 0 fully saturated rings. The third kappa shape index (κ3) is 5.82. The molecule has 1 heterocycles. The molecule has 0 saturated heterocycles. The standard InChI is InChI=1S/C27H27ClN2O3/c1-4-10-19(5-2)25-18-20-17-21(29-27(32)22-11-7-8-12-23(22)28)14-15-24(20)30(25)16-9-13-26(31)33-6-3/h4-5,7-8,10-12,14-15,17-18H,1-2,6,9,13,16H2,3H3,(H,29,32)/b19-10+. The molecule has 0 unspecified atom stereocenters. The van der Waals surface area contributed by atoms with Crippen molar-refractivity contribution in [3.05, 3.63) is 96.2 Å². The number of ether oxygens (including phenoxy) is 1. The Labute approximate surface area is 199 Å². The Bertz CT molecular complexity index is 1220. The number of benzene rings is 2. The van der Waals surface area contributed by atoms with Crippen molar-refractivity contribution < 1.29 is 14.3 Å². The number of carbonyl (C=O) groups is 2. The second-order valence-corrected chi connectivity index (χ2v) is 7.77. The van der Waals surface area contributed by atoms with E-state index in [1.54, 1.807) is 43.3 Å². The highest BCUT2D eigenvalue weighted by molar-refractivity contribution is 6.34. The molecule has 170 valence electrons. The summed E-state index contributed by atoms with van der Waals surface area (Å²) in [5, 5.41) is 4.27. The number of aromatic nitrogens is 1. The van der Waals surface area contributed by atoms with Gasteiger partial charge in [0.1, 0.15) is 0 Å². The second kappa shape index (κ2) is 11.3. The monoisotopic (exact) mass is 462 g/mol. The Morgan fingerprint density at radius 3 is 2.64 bits per heavy atom. The molecule has 1 amide bonds. The predicted molar refractivity (Wildman–Crippen MR) is 136 cm³/mol. The molecular weight excluding hydrogens is 436 g/mol. The largest absolute Gasteiger partial charge is 0.466 e. The molecule has 1 N–H and O–H groups in total. The fourth-order valence-electron chi connectivity index (χ4n) is 3.67. The Morgan fingerprint density at radius 2 is 1.94 bits per heavy atom. The van der Waals surface area contributed by atoms with Crippen molar-refractivity contribution in [1.29, 1.82) is 0 Å². The Kier molecular flexibility index (Phi) is 8.28. The molecule has 2 aromatic carbocycles. The summed E-state index contributed by atoms with van der Waals surface area (Å²) >= 11 is 6.15. The van der Waals surface area contributed by atoms with Crippen LogP contribution in [0.3, 0.4) is 0 Å². The quantitative estimate of drug-likeness (QED) is 0.271. The van der Waals surface area contributed by atoms with Crippen LogP contribution in [-0.2, 0) is 16.1 Å². The lowest BCUT2D eigenvalue weighted by atomic mass is 10.1. The maximum absolute atomic E-state index is 12.7. The molecule has 3 aromatic rings. The number of hydrogen-bond donors (Lipinski definition) is 1. The van der Waals surface area contributed by atoms with E-state index < -0.39 is 0 Å². The van der Waals surface area contributed by atoms with E-state index in [4.69, 9.17) is 16.3 Å². The van der Waals surface area contributed by atoms with Crippen molar-refractivity contribution in [3.8, 4) is 0 Å². The summed E-state index contributed by atoms with van der Waals surface area (Å²) in [5.41, 5.74) is 3.94. The van der Waals surface area contributed by atoms with Crippen molar-refractivity contribution >= 4 is 45.6 Å². The van der Waals surface area contributed by atoms with E-state index in [1.165, 1.54) is 0 Å². The van der Waals surface area contributed by atoms with E-state index in [9.17, 15) is 9.59 Å². The predicted octanol–water partition coefficient (Wildman–Crippen LogP) is 6.65. The molecular formula is C27H27ClN2O3. The van der Waals surface area contributed by atoms with Crippen LogP contribution in [0.2, 0.25) is 5.02 Å². The van der Waals surface area contributed by atoms with Crippen LogP contribution < -0.4 is 5.32 Å². The minimum Gasteiger partial charge on any atom is -0.466 e. The summed E-state index contributed by atoms with van der Waals surface area (Å²) in [5.74, 6) is -0.474. The smallest absolute Gasteiger partial charge is 0.305 e. The first-order chi connectivity index (χ1) is 16.0. The zero-order valence-electron chi connectivity index (χ0n) is 18.6. The van der Waals surface area contributed by atoms with Crippen LogP contribution in [0.25, 0.3) is 16.5 Å². The molecule has 0 saturated carbocycles.